The fourth-order valence-electron chi connectivity index (χ4n) is 1.36. The molecule has 2 rings (SSSR count). The molecule has 0 amide bonds. The molecule has 0 spiro atoms. The van der Waals surface area contributed by atoms with Gasteiger partial charge in [0, 0.05) is 12.1 Å². The first-order chi connectivity index (χ1) is 5.86. The zero-order valence-electron chi connectivity index (χ0n) is 7.29. The zero-order valence-corrected chi connectivity index (χ0v) is 7.29. The Labute approximate surface area is 72.1 Å². The van der Waals surface area contributed by atoms with E-state index in [4.69, 9.17) is 4.52 Å². The van der Waals surface area contributed by atoms with Crippen LogP contribution in [0.3, 0.4) is 0 Å². The molecule has 3 heteroatoms. The van der Waals surface area contributed by atoms with Gasteiger partial charge >= 0.3 is 0 Å². The molecular formula is C9H14N2O. The van der Waals surface area contributed by atoms with Crippen molar-refractivity contribution in [3.8, 4) is 0 Å². The summed E-state index contributed by atoms with van der Waals surface area (Å²) < 4.78 is 4.97. The van der Waals surface area contributed by atoms with Crippen LogP contribution in [0.2, 0.25) is 0 Å². The van der Waals surface area contributed by atoms with Crippen LogP contribution in [-0.4, -0.2) is 11.2 Å². The maximum atomic E-state index is 4.97. The first kappa shape index (κ1) is 7.80. The monoisotopic (exact) mass is 166 g/mol. The van der Waals surface area contributed by atoms with E-state index in [9.17, 15) is 0 Å². The summed E-state index contributed by atoms with van der Waals surface area (Å²) in [5, 5.41) is 7.06. The summed E-state index contributed by atoms with van der Waals surface area (Å²) in [5.41, 5.74) is 0. The molecule has 1 aromatic rings. The van der Waals surface area contributed by atoms with Crippen LogP contribution in [0.4, 0.5) is 0 Å². The summed E-state index contributed by atoms with van der Waals surface area (Å²) in [6, 6.07) is 2.52. The molecule has 1 atom stereocenters. The van der Waals surface area contributed by atoms with Gasteiger partial charge in [-0.15, -0.1) is 0 Å². The molecule has 0 radical (unpaired) electrons. The SMILES string of the molecule is CC(NCc1ccno1)C1CC1. The van der Waals surface area contributed by atoms with E-state index in [0.29, 0.717) is 6.04 Å². The molecule has 0 aromatic carbocycles. The van der Waals surface area contributed by atoms with E-state index >= 15 is 0 Å². The van der Waals surface area contributed by atoms with Gasteiger partial charge < -0.3 is 9.84 Å². The average molecular weight is 166 g/mol. The van der Waals surface area contributed by atoms with Gasteiger partial charge in [0.05, 0.1) is 12.7 Å². The average Bonchev–Trinajstić information content (AvgIpc) is 2.80. The minimum atomic E-state index is 0.620. The molecule has 1 heterocycles. The van der Waals surface area contributed by atoms with Crippen LogP contribution in [0.15, 0.2) is 16.8 Å². The summed E-state index contributed by atoms with van der Waals surface area (Å²) in [7, 11) is 0. The summed E-state index contributed by atoms with van der Waals surface area (Å²) in [5.74, 6) is 1.82. The third-order valence-corrected chi connectivity index (χ3v) is 2.42. The maximum absolute atomic E-state index is 4.97. The lowest BCUT2D eigenvalue weighted by Gasteiger charge is -2.09. The molecule has 1 aliphatic rings. The lowest BCUT2D eigenvalue weighted by molar-refractivity contribution is 0.360. The molecule has 1 fully saturated rings. The second kappa shape index (κ2) is 3.27. The van der Waals surface area contributed by atoms with E-state index in [1.54, 1.807) is 6.20 Å². The molecule has 1 saturated carbocycles. The Bertz CT molecular complexity index is 229. The number of aromatic nitrogens is 1. The number of rotatable bonds is 4. The topological polar surface area (TPSA) is 38.1 Å². The molecule has 0 saturated heterocycles. The smallest absolute Gasteiger partial charge is 0.150 e. The molecule has 66 valence electrons. The highest BCUT2D eigenvalue weighted by Gasteiger charge is 2.27. The summed E-state index contributed by atoms with van der Waals surface area (Å²) >= 11 is 0. The van der Waals surface area contributed by atoms with Crippen molar-refractivity contribution in [3.05, 3.63) is 18.0 Å². The van der Waals surface area contributed by atoms with Gasteiger partial charge in [-0.25, -0.2) is 0 Å². The Morgan fingerprint density at radius 2 is 2.58 bits per heavy atom. The van der Waals surface area contributed by atoms with Gasteiger partial charge in [0.1, 0.15) is 5.76 Å². The Hall–Kier alpha value is -0.830. The minimum Gasteiger partial charge on any atom is -0.360 e. The van der Waals surface area contributed by atoms with E-state index < -0.39 is 0 Å². The number of hydrogen-bond donors (Lipinski definition) is 1. The van der Waals surface area contributed by atoms with Gasteiger partial charge in [-0.3, -0.25) is 0 Å². The Balaban J connectivity index is 1.74. The van der Waals surface area contributed by atoms with Crippen LogP contribution in [0.1, 0.15) is 25.5 Å². The largest absolute Gasteiger partial charge is 0.360 e. The van der Waals surface area contributed by atoms with E-state index in [2.05, 4.69) is 17.4 Å². The number of hydrogen-bond acceptors (Lipinski definition) is 3. The molecule has 3 nitrogen and oxygen atoms in total. The van der Waals surface area contributed by atoms with E-state index in [-0.39, 0.29) is 0 Å². The van der Waals surface area contributed by atoms with Crippen molar-refractivity contribution >= 4 is 0 Å². The van der Waals surface area contributed by atoms with E-state index in [0.717, 1.165) is 18.2 Å². The standard InChI is InChI=1S/C9H14N2O/c1-7(8-2-3-8)10-6-9-4-5-11-12-9/h4-5,7-8,10H,2-3,6H2,1H3. The fraction of sp³-hybridized carbons (Fsp3) is 0.667. The quantitative estimate of drug-likeness (QED) is 0.737. The van der Waals surface area contributed by atoms with Gasteiger partial charge in [0.25, 0.3) is 0 Å². The van der Waals surface area contributed by atoms with E-state index in [1.165, 1.54) is 12.8 Å². The minimum absolute atomic E-state index is 0.620. The molecule has 0 aliphatic heterocycles. The van der Waals surface area contributed by atoms with Gasteiger partial charge in [-0.2, -0.15) is 0 Å². The third kappa shape index (κ3) is 1.85. The van der Waals surface area contributed by atoms with Crippen molar-refractivity contribution in [3.63, 3.8) is 0 Å². The van der Waals surface area contributed by atoms with Crippen LogP contribution in [0, 0.1) is 5.92 Å². The van der Waals surface area contributed by atoms with Gasteiger partial charge in [0.2, 0.25) is 0 Å². The molecule has 1 N–H and O–H groups in total. The Kier molecular flexibility index (Phi) is 2.13. The normalized spacial score (nSPS) is 19.4. The highest BCUT2D eigenvalue weighted by Crippen LogP contribution is 2.32. The highest BCUT2D eigenvalue weighted by molar-refractivity contribution is 4.93. The predicted octanol–water partition coefficient (Wildman–Crippen LogP) is 1.56. The second-order valence-corrected chi connectivity index (χ2v) is 3.49. The first-order valence-corrected chi connectivity index (χ1v) is 4.49. The highest BCUT2D eigenvalue weighted by atomic mass is 16.5. The van der Waals surface area contributed by atoms with Crippen molar-refractivity contribution in [1.82, 2.24) is 10.5 Å². The fourth-order valence-corrected chi connectivity index (χ4v) is 1.36. The van der Waals surface area contributed by atoms with Crippen LogP contribution >= 0.6 is 0 Å². The maximum Gasteiger partial charge on any atom is 0.150 e. The Morgan fingerprint density at radius 1 is 1.75 bits per heavy atom. The Morgan fingerprint density at radius 3 is 3.17 bits per heavy atom. The van der Waals surface area contributed by atoms with Gasteiger partial charge in [0.15, 0.2) is 0 Å². The summed E-state index contributed by atoms with van der Waals surface area (Å²) in [6.45, 7) is 3.03. The van der Waals surface area contributed by atoms with Crippen LogP contribution < -0.4 is 5.32 Å². The first-order valence-electron chi connectivity index (χ1n) is 4.49. The molecule has 0 bridgehead atoms. The van der Waals surface area contributed by atoms with Crippen molar-refractivity contribution in [2.75, 3.05) is 0 Å². The number of nitrogens with zero attached hydrogens (tertiary/aromatic N) is 1. The molecule has 1 aromatic heterocycles. The summed E-state index contributed by atoms with van der Waals surface area (Å²) in [6.07, 6.45) is 4.44. The molecule has 1 aliphatic carbocycles. The predicted molar refractivity (Wildman–Crippen MR) is 45.5 cm³/mol. The van der Waals surface area contributed by atoms with Crippen molar-refractivity contribution in [2.24, 2.45) is 5.92 Å². The zero-order chi connectivity index (χ0) is 8.39. The molecular weight excluding hydrogens is 152 g/mol. The van der Waals surface area contributed by atoms with E-state index in [1.807, 2.05) is 6.07 Å². The van der Waals surface area contributed by atoms with Gasteiger partial charge in [-0.1, -0.05) is 5.16 Å². The van der Waals surface area contributed by atoms with Crippen molar-refractivity contribution in [2.45, 2.75) is 32.4 Å². The van der Waals surface area contributed by atoms with Crippen LogP contribution in [0.5, 0.6) is 0 Å². The van der Waals surface area contributed by atoms with Gasteiger partial charge in [-0.05, 0) is 25.7 Å². The lowest BCUT2D eigenvalue weighted by atomic mass is 10.2. The van der Waals surface area contributed by atoms with Crippen LogP contribution in [0.25, 0.3) is 0 Å². The van der Waals surface area contributed by atoms with Crippen LogP contribution in [-0.2, 0) is 6.54 Å². The summed E-state index contributed by atoms with van der Waals surface area (Å²) in [4.78, 5) is 0. The lowest BCUT2D eigenvalue weighted by Crippen LogP contribution is -2.26. The number of nitrogens with one attached hydrogen (secondary N) is 1. The second-order valence-electron chi connectivity index (χ2n) is 3.49. The van der Waals surface area contributed by atoms with Crippen molar-refractivity contribution < 1.29 is 4.52 Å². The molecule has 12 heavy (non-hydrogen) atoms. The third-order valence-electron chi connectivity index (χ3n) is 2.42. The molecule has 1 unspecified atom stereocenters. The van der Waals surface area contributed by atoms with Crippen molar-refractivity contribution in [1.29, 1.82) is 0 Å².